The molecule has 0 saturated carbocycles. The van der Waals surface area contributed by atoms with Crippen molar-refractivity contribution >= 4 is 21.6 Å². The second-order valence-corrected chi connectivity index (χ2v) is 8.87. The van der Waals surface area contributed by atoms with Crippen LogP contribution in [0.5, 0.6) is 0 Å². The van der Waals surface area contributed by atoms with Crippen LogP contribution in [-0.2, 0) is 10.0 Å². The van der Waals surface area contributed by atoms with Crippen LogP contribution in [0.25, 0.3) is 0 Å². The zero-order chi connectivity index (χ0) is 19.4. The average Bonchev–Trinajstić information content (AvgIpc) is 2.69. The number of amides is 1. The summed E-state index contributed by atoms with van der Waals surface area (Å²) in [4.78, 5) is 14.8. The van der Waals surface area contributed by atoms with Crippen LogP contribution in [0.15, 0.2) is 59.5 Å². The van der Waals surface area contributed by atoms with Gasteiger partial charge in [0.1, 0.15) is 0 Å². The van der Waals surface area contributed by atoms with Gasteiger partial charge in [0, 0.05) is 25.2 Å². The summed E-state index contributed by atoms with van der Waals surface area (Å²) in [6, 6.07) is 15.4. The summed E-state index contributed by atoms with van der Waals surface area (Å²) < 4.78 is 27.7. The molecule has 1 aliphatic heterocycles. The van der Waals surface area contributed by atoms with Gasteiger partial charge in [0.2, 0.25) is 0 Å². The molecule has 0 bridgehead atoms. The molecule has 1 saturated heterocycles. The van der Waals surface area contributed by atoms with Gasteiger partial charge < -0.3 is 4.90 Å². The monoisotopic (exact) mass is 386 g/mol. The van der Waals surface area contributed by atoms with Crippen molar-refractivity contribution in [3.63, 3.8) is 0 Å². The van der Waals surface area contributed by atoms with Crippen molar-refractivity contribution in [1.82, 2.24) is 4.90 Å². The molecule has 144 valence electrons. The second-order valence-electron chi connectivity index (χ2n) is 7.01. The maximum atomic E-state index is 13.2. The zero-order valence-corrected chi connectivity index (χ0v) is 16.7. The number of nitrogens with zero attached hydrogens (tertiary/aromatic N) is 2. The van der Waals surface area contributed by atoms with Crippen LogP contribution in [0.2, 0.25) is 0 Å². The molecule has 0 unspecified atom stereocenters. The van der Waals surface area contributed by atoms with Gasteiger partial charge in [-0.3, -0.25) is 9.10 Å². The summed E-state index contributed by atoms with van der Waals surface area (Å²) in [6.07, 6.45) is 1.97. The van der Waals surface area contributed by atoms with Gasteiger partial charge in [-0.05, 0) is 56.0 Å². The Morgan fingerprint density at radius 3 is 2.37 bits per heavy atom. The Labute approximate surface area is 161 Å². The van der Waals surface area contributed by atoms with Crippen molar-refractivity contribution in [3.05, 3.63) is 60.2 Å². The van der Waals surface area contributed by atoms with E-state index < -0.39 is 10.0 Å². The van der Waals surface area contributed by atoms with Crippen LogP contribution >= 0.6 is 0 Å². The van der Waals surface area contributed by atoms with Gasteiger partial charge in [-0.15, -0.1) is 0 Å². The quantitative estimate of drug-likeness (QED) is 0.786. The third-order valence-corrected chi connectivity index (χ3v) is 6.97. The molecule has 1 heterocycles. The van der Waals surface area contributed by atoms with E-state index in [-0.39, 0.29) is 10.8 Å². The van der Waals surface area contributed by atoms with Gasteiger partial charge in [0.15, 0.2) is 0 Å². The fourth-order valence-electron chi connectivity index (χ4n) is 3.40. The molecular weight excluding hydrogens is 360 g/mol. The van der Waals surface area contributed by atoms with E-state index >= 15 is 0 Å². The molecule has 2 aromatic rings. The third-order valence-electron chi connectivity index (χ3n) is 5.07. The molecule has 27 heavy (non-hydrogen) atoms. The summed E-state index contributed by atoms with van der Waals surface area (Å²) in [5.74, 6) is 0.534. The highest BCUT2D eigenvalue weighted by Crippen LogP contribution is 2.25. The molecule has 1 amide bonds. The summed E-state index contributed by atoms with van der Waals surface area (Å²) in [5, 5.41) is 0. The number of benzene rings is 2. The van der Waals surface area contributed by atoms with E-state index in [1.807, 2.05) is 23.1 Å². The van der Waals surface area contributed by atoms with Crippen LogP contribution < -0.4 is 4.31 Å². The molecule has 1 fully saturated rings. The smallest absolute Gasteiger partial charge is 0.264 e. The van der Waals surface area contributed by atoms with Crippen molar-refractivity contribution < 1.29 is 13.2 Å². The Hall–Kier alpha value is -2.34. The largest absolute Gasteiger partial charge is 0.339 e. The average molecular weight is 387 g/mol. The molecule has 0 spiro atoms. The lowest BCUT2D eigenvalue weighted by Gasteiger charge is -2.30. The molecule has 1 aliphatic rings. The van der Waals surface area contributed by atoms with Crippen molar-refractivity contribution in [3.8, 4) is 0 Å². The maximum absolute atomic E-state index is 13.2. The predicted octanol–water partition coefficient (Wildman–Crippen LogP) is 3.77. The molecule has 0 atom stereocenters. The van der Waals surface area contributed by atoms with E-state index in [9.17, 15) is 13.2 Å². The normalized spacial score (nSPS) is 15.6. The zero-order valence-electron chi connectivity index (χ0n) is 15.8. The molecule has 0 radical (unpaired) electrons. The first-order chi connectivity index (χ1) is 12.9. The summed E-state index contributed by atoms with van der Waals surface area (Å²) in [5.41, 5.74) is 1.04. The van der Waals surface area contributed by atoms with Gasteiger partial charge in [-0.2, -0.15) is 0 Å². The molecule has 0 aliphatic carbocycles. The lowest BCUT2D eigenvalue weighted by atomic mass is 9.98. The lowest BCUT2D eigenvalue weighted by Crippen LogP contribution is -2.38. The standard InChI is InChI=1S/C21H26N2O3S/c1-3-23(19-9-5-4-6-10-19)27(25,26)20-11-7-8-18(16-20)21(24)22-14-12-17(2)13-15-22/h4-11,16-17H,3,12-15H2,1-2H3. The van der Waals surface area contributed by atoms with Crippen LogP contribution in [0, 0.1) is 5.92 Å². The Kier molecular flexibility index (Phi) is 5.85. The van der Waals surface area contributed by atoms with Crippen molar-refractivity contribution in [2.45, 2.75) is 31.6 Å². The van der Waals surface area contributed by atoms with Crippen LogP contribution in [0.4, 0.5) is 5.69 Å². The summed E-state index contributed by atoms with van der Waals surface area (Å²) in [6.45, 7) is 5.76. The van der Waals surface area contributed by atoms with E-state index in [4.69, 9.17) is 0 Å². The number of carbonyl (C=O) groups excluding carboxylic acids is 1. The Bertz CT molecular complexity index is 889. The minimum absolute atomic E-state index is 0.0956. The first kappa shape index (κ1) is 19.4. The molecule has 0 aromatic heterocycles. The van der Waals surface area contributed by atoms with E-state index in [0.717, 1.165) is 25.9 Å². The number of likely N-dealkylation sites (tertiary alicyclic amines) is 1. The van der Waals surface area contributed by atoms with Crippen molar-refractivity contribution in [2.24, 2.45) is 5.92 Å². The van der Waals surface area contributed by atoms with Crippen molar-refractivity contribution in [1.29, 1.82) is 0 Å². The van der Waals surface area contributed by atoms with E-state index in [0.29, 0.717) is 23.7 Å². The second kappa shape index (κ2) is 8.13. The van der Waals surface area contributed by atoms with Gasteiger partial charge in [-0.25, -0.2) is 8.42 Å². The SMILES string of the molecule is CCN(c1ccccc1)S(=O)(=O)c1cccc(C(=O)N2CCC(C)CC2)c1. The number of piperidine rings is 1. The minimum Gasteiger partial charge on any atom is -0.339 e. The Morgan fingerprint density at radius 1 is 1.07 bits per heavy atom. The molecule has 6 heteroatoms. The lowest BCUT2D eigenvalue weighted by molar-refractivity contribution is 0.0697. The number of carbonyl (C=O) groups is 1. The highest BCUT2D eigenvalue weighted by molar-refractivity contribution is 7.92. The maximum Gasteiger partial charge on any atom is 0.264 e. The molecule has 3 rings (SSSR count). The third kappa shape index (κ3) is 4.16. The van der Waals surface area contributed by atoms with Crippen LogP contribution in [-0.4, -0.2) is 38.9 Å². The topological polar surface area (TPSA) is 57.7 Å². The molecule has 0 N–H and O–H groups in total. The van der Waals surface area contributed by atoms with Crippen molar-refractivity contribution in [2.75, 3.05) is 23.9 Å². The van der Waals surface area contributed by atoms with Gasteiger partial charge in [-0.1, -0.05) is 31.2 Å². The Morgan fingerprint density at radius 2 is 1.74 bits per heavy atom. The predicted molar refractivity (Wildman–Crippen MR) is 107 cm³/mol. The fourth-order valence-corrected chi connectivity index (χ4v) is 4.92. The number of sulfonamides is 1. The fraction of sp³-hybridized carbons (Fsp3) is 0.381. The number of anilines is 1. The van der Waals surface area contributed by atoms with Gasteiger partial charge in [0.05, 0.1) is 10.6 Å². The number of para-hydroxylation sites is 1. The van der Waals surface area contributed by atoms with E-state index in [2.05, 4.69) is 6.92 Å². The number of hydrogen-bond acceptors (Lipinski definition) is 3. The highest BCUT2D eigenvalue weighted by atomic mass is 32.2. The Balaban J connectivity index is 1.89. The highest BCUT2D eigenvalue weighted by Gasteiger charge is 2.26. The number of rotatable bonds is 5. The molecule has 2 aromatic carbocycles. The number of hydrogen-bond donors (Lipinski definition) is 0. The molecule has 5 nitrogen and oxygen atoms in total. The summed E-state index contributed by atoms with van der Waals surface area (Å²) in [7, 11) is -3.74. The van der Waals surface area contributed by atoms with E-state index in [1.54, 1.807) is 37.3 Å². The van der Waals surface area contributed by atoms with E-state index in [1.165, 1.54) is 10.4 Å². The van der Waals surface area contributed by atoms with Gasteiger partial charge >= 0.3 is 0 Å². The van der Waals surface area contributed by atoms with Crippen LogP contribution in [0.3, 0.4) is 0 Å². The first-order valence-corrected chi connectivity index (χ1v) is 10.8. The summed E-state index contributed by atoms with van der Waals surface area (Å²) >= 11 is 0. The van der Waals surface area contributed by atoms with Crippen LogP contribution in [0.1, 0.15) is 37.0 Å². The molecular formula is C21H26N2O3S. The first-order valence-electron chi connectivity index (χ1n) is 9.40. The van der Waals surface area contributed by atoms with Gasteiger partial charge in [0.25, 0.3) is 15.9 Å². The minimum atomic E-state index is -3.74.